The zero-order valence-electron chi connectivity index (χ0n) is 2.77. The summed E-state index contributed by atoms with van der Waals surface area (Å²) in [6, 6.07) is 0. The number of rotatable bonds is 2. The number of hydrogen-bond acceptors (Lipinski definition) is 1. The van der Waals surface area contributed by atoms with E-state index in [1.165, 1.54) is 6.08 Å². The molecule has 1 heteroatoms. The summed E-state index contributed by atoms with van der Waals surface area (Å²) < 4.78 is 0. The molecule has 0 saturated heterocycles. The average molecular weight is 68.1 g/mol. The third-order valence-electron chi connectivity index (χ3n) is 0.201. The van der Waals surface area contributed by atoms with Crippen molar-refractivity contribution in [1.82, 2.24) is 0 Å². The molecule has 0 unspecified atom stereocenters. The molecule has 0 bridgehead atoms. The van der Waals surface area contributed by atoms with Gasteiger partial charge in [-0.15, -0.1) is 0 Å². The van der Waals surface area contributed by atoms with Crippen LogP contribution in [0.25, 0.3) is 0 Å². The zero-order valence-corrected chi connectivity index (χ0v) is 2.77. The molecule has 0 aliphatic heterocycles. The standard InChI is InChI=1S/C4H4O/c1-2-3-4-5/h1-2H,3H2. The molecule has 0 rings (SSSR count). The first-order valence-electron chi connectivity index (χ1n) is 1.30. The molecule has 0 spiro atoms. The molecule has 0 amide bonds. The van der Waals surface area contributed by atoms with Crippen molar-refractivity contribution in [3.63, 3.8) is 0 Å². The van der Waals surface area contributed by atoms with Crippen molar-refractivity contribution >= 4 is 6.29 Å². The van der Waals surface area contributed by atoms with Gasteiger partial charge in [-0.3, -0.25) is 4.79 Å². The fraction of sp³-hybridized carbons (Fsp3) is 0.250. The smallest absolute Gasteiger partial charge is 0.202 e. The predicted octanol–water partition coefficient (Wildman–Crippen LogP) is 0.475. The van der Waals surface area contributed by atoms with E-state index in [-0.39, 0.29) is 6.42 Å². The zero-order chi connectivity index (χ0) is 4.12. The Balaban J connectivity index is 2.65. The first-order chi connectivity index (χ1) is 2.41. The van der Waals surface area contributed by atoms with E-state index in [1.807, 2.05) is 0 Å². The lowest BCUT2D eigenvalue weighted by atomic mass is 10.5. The van der Waals surface area contributed by atoms with Crippen LogP contribution in [0.15, 0.2) is 6.08 Å². The summed E-state index contributed by atoms with van der Waals surface area (Å²) in [5, 5.41) is 0. The molecule has 0 aromatic heterocycles. The van der Waals surface area contributed by atoms with E-state index < -0.39 is 0 Å². The highest BCUT2D eigenvalue weighted by Gasteiger charge is 1.62. The van der Waals surface area contributed by atoms with Crippen LogP contribution >= 0.6 is 0 Å². The minimum atomic E-state index is 0.236. The molecule has 0 N–H and O–H groups in total. The van der Waals surface area contributed by atoms with Crippen molar-refractivity contribution in [3.05, 3.63) is 12.7 Å². The van der Waals surface area contributed by atoms with E-state index in [9.17, 15) is 0 Å². The first kappa shape index (κ1) is 4.41. The van der Waals surface area contributed by atoms with Gasteiger partial charge in [0.05, 0.1) is 0 Å². The highest BCUT2D eigenvalue weighted by Crippen LogP contribution is 1.63. The van der Waals surface area contributed by atoms with Gasteiger partial charge in [-0.05, 0) is 0 Å². The third-order valence-corrected chi connectivity index (χ3v) is 0.201. The van der Waals surface area contributed by atoms with Gasteiger partial charge in [-0.2, -0.15) is 0 Å². The Morgan fingerprint density at radius 1 is 2.00 bits per heavy atom. The van der Waals surface area contributed by atoms with E-state index in [1.54, 1.807) is 6.29 Å². The van der Waals surface area contributed by atoms with Gasteiger partial charge in [0, 0.05) is 6.42 Å². The van der Waals surface area contributed by atoms with E-state index in [2.05, 4.69) is 0 Å². The van der Waals surface area contributed by atoms with E-state index in [4.69, 9.17) is 11.4 Å². The number of carbonyl (C=O) groups excluding carboxylic acids is 1. The molecular formula is C4H4O. The van der Waals surface area contributed by atoms with Gasteiger partial charge in [-0.1, -0.05) is 12.7 Å². The van der Waals surface area contributed by atoms with Crippen molar-refractivity contribution in [2.75, 3.05) is 0 Å². The van der Waals surface area contributed by atoms with Crippen molar-refractivity contribution in [1.29, 1.82) is 0 Å². The maximum atomic E-state index is 9.17. The topological polar surface area (TPSA) is 17.1 Å². The Hall–Kier alpha value is -0.590. The van der Waals surface area contributed by atoms with Gasteiger partial charge < -0.3 is 0 Å². The second-order valence-electron chi connectivity index (χ2n) is 0.584. The molecule has 0 heterocycles. The van der Waals surface area contributed by atoms with Crippen LogP contribution in [0.3, 0.4) is 0 Å². The second-order valence-corrected chi connectivity index (χ2v) is 0.584. The molecule has 5 heavy (non-hydrogen) atoms. The van der Waals surface area contributed by atoms with Crippen LogP contribution in [-0.4, -0.2) is 6.29 Å². The van der Waals surface area contributed by atoms with Crippen molar-refractivity contribution in [2.24, 2.45) is 0 Å². The third kappa shape index (κ3) is 3.41. The molecule has 26 valence electrons. The predicted molar refractivity (Wildman–Crippen MR) is 19.2 cm³/mol. The number of allylic oxidation sites excluding steroid dienone is 1. The Kier molecular flexibility index (Phi) is 3.01. The monoisotopic (exact) mass is 68.0 g/mol. The summed E-state index contributed by atoms with van der Waals surface area (Å²) in [4.78, 5) is 9.17. The van der Waals surface area contributed by atoms with E-state index in [0.717, 1.165) is 0 Å². The SMILES string of the molecule is [CH]=CC[C]=O. The minimum Gasteiger partial charge on any atom is -0.291 e. The maximum Gasteiger partial charge on any atom is 0.202 e. The normalized spacial score (nSPS) is 6.40. The van der Waals surface area contributed by atoms with Crippen LogP contribution < -0.4 is 0 Å². The van der Waals surface area contributed by atoms with Crippen LogP contribution in [0.2, 0.25) is 0 Å². The summed E-state index contributed by atoms with van der Waals surface area (Å²) in [7, 11) is 0. The van der Waals surface area contributed by atoms with Crippen molar-refractivity contribution in [2.45, 2.75) is 6.42 Å². The highest BCUT2D eigenvalue weighted by atomic mass is 16.1. The summed E-state index contributed by atoms with van der Waals surface area (Å²) in [6.45, 7) is 4.75. The van der Waals surface area contributed by atoms with Gasteiger partial charge in [0.25, 0.3) is 0 Å². The maximum absolute atomic E-state index is 9.17. The second kappa shape index (κ2) is 3.41. The molecule has 0 aliphatic carbocycles. The Bertz CT molecular complexity index is 32.9. The van der Waals surface area contributed by atoms with Crippen LogP contribution in [0.5, 0.6) is 0 Å². The van der Waals surface area contributed by atoms with Gasteiger partial charge in [-0.25, -0.2) is 0 Å². The van der Waals surface area contributed by atoms with Gasteiger partial charge in [0.2, 0.25) is 6.29 Å². The molecular weight excluding hydrogens is 64.0 g/mol. The summed E-state index contributed by atoms with van der Waals surface area (Å²) in [5.41, 5.74) is 0. The molecule has 0 aromatic rings. The summed E-state index contributed by atoms with van der Waals surface area (Å²) in [6.07, 6.45) is 3.08. The lowest BCUT2D eigenvalue weighted by Crippen LogP contribution is -1.58. The fourth-order valence-corrected chi connectivity index (χ4v) is 0.0481. The van der Waals surface area contributed by atoms with Gasteiger partial charge in [0.15, 0.2) is 0 Å². The molecule has 0 saturated carbocycles. The Morgan fingerprint density at radius 2 is 2.60 bits per heavy atom. The van der Waals surface area contributed by atoms with Crippen LogP contribution in [-0.2, 0) is 4.79 Å². The van der Waals surface area contributed by atoms with Crippen LogP contribution in [0.1, 0.15) is 6.42 Å². The molecule has 0 aromatic carbocycles. The summed E-state index contributed by atoms with van der Waals surface area (Å²) >= 11 is 0. The molecule has 1 nitrogen and oxygen atoms in total. The highest BCUT2D eigenvalue weighted by molar-refractivity contribution is 5.52. The molecule has 2 radical (unpaired) electrons. The summed E-state index contributed by atoms with van der Waals surface area (Å²) in [5.74, 6) is 0. The van der Waals surface area contributed by atoms with Crippen molar-refractivity contribution < 1.29 is 4.79 Å². The Morgan fingerprint density at radius 3 is 2.60 bits per heavy atom. The Labute approximate surface area is 31.3 Å². The van der Waals surface area contributed by atoms with Crippen LogP contribution in [0, 0.1) is 6.58 Å². The van der Waals surface area contributed by atoms with Crippen molar-refractivity contribution in [3.8, 4) is 0 Å². The van der Waals surface area contributed by atoms with E-state index >= 15 is 0 Å². The van der Waals surface area contributed by atoms with E-state index in [0.29, 0.717) is 0 Å². The lowest BCUT2D eigenvalue weighted by Gasteiger charge is -1.56. The minimum absolute atomic E-state index is 0.236. The fourth-order valence-electron chi connectivity index (χ4n) is 0.0481. The van der Waals surface area contributed by atoms with Crippen LogP contribution in [0.4, 0.5) is 0 Å². The quantitative estimate of drug-likeness (QED) is 0.460. The molecule has 0 atom stereocenters. The van der Waals surface area contributed by atoms with Gasteiger partial charge in [0.1, 0.15) is 0 Å². The first-order valence-corrected chi connectivity index (χ1v) is 1.30. The molecule has 0 fully saturated rings. The molecule has 0 aliphatic rings. The van der Waals surface area contributed by atoms with Gasteiger partial charge >= 0.3 is 0 Å². The average Bonchev–Trinajstić information content (AvgIpc) is 1.41. The number of hydrogen-bond donors (Lipinski definition) is 0. The lowest BCUT2D eigenvalue weighted by molar-refractivity contribution is 0.556. The largest absolute Gasteiger partial charge is 0.291 e.